The number of carbonyl (C=O) groups excluding carboxylic acids is 2. The molecule has 1 heterocycles. The molecule has 0 saturated carbocycles. The molecule has 0 fully saturated rings. The van der Waals surface area contributed by atoms with Crippen molar-refractivity contribution >= 4 is 30.2 Å². The number of amides is 1. The Morgan fingerprint density at radius 3 is 2.50 bits per heavy atom. The smallest absolute Gasteiger partial charge is 0.337 e. The van der Waals surface area contributed by atoms with Gasteiger partial charge in [0.25, 0.3) is 5.91 Å². The van der Waals surface area contributed by atoms with Crippen molar-refractivity contribution in [2.75, 3.05) is 7.11 Å². The molecule has 1 atom stereocenters. The first-order chi connectivity index (χ1) is 14.4. The van der Waals surface area contributed by atoms with E-state index in [1.54, 1.807) is 43.4 Å². The summed E-state index contributed by atoms with van der Waals surface area (Å²) in [6, 6.07) is 6.72. The van der Waals surface area contributed by atoms with Crippen LogP contribution >= 0.6 is 12.6 Å². The van der Waals surface area contributed by atoms with Crippen LogP contribution in [0.25, 0.3) is 0 Å². The monoisotopic (exact) mass is 422 g/mol. The Morgan fingerprint density at radius 1 is 1.20 bits per heavy atom. The van der Waals surface area contributed by atoms with Crippen LogP contribution in [-0.4, -0.2) is 29.7 Å². The van der Waals surface area contributed by atoms with Crippen molar-refractivity contribution in [1.29, 1.82) is 0 Å². The summed E-state index contributed by atoms with van der Waals surface area (Å²) in [5.41, 5.74) is 2.59. The van der Waals surface area contributed by atoms with Gasteiger partial charge in [0.1, 0.15) is 0 Å². The SMILES string of the molecule is C=C/C=C\C=C(/C)C(=O)N1N=C(/C(S)=C/C=C\C)CC1c1ccc(C(=O)OC)cc1. The molecule has 1 amide bonds. The fourth-order valence-electron chi connectivity index (χ4n) is 2.89. The number of hydrazone groups is 1. The van der Waals surface area contributed by atoms with Crippen molar-refractivity contribution in [2.24, 2.45) is 5.10 Å². The summed E-state index contributed by atoms with van der Waals surface area (Å²) >= 11 is 4.54. The van der Waals surface area contributed by atoms with Gasteiger partial charge in [-0.15, -0.1) is 12.6 Å². The highest BCUT2D eigenvalue weighted by atomic mass is 32.1. The van der Waals surface area contributed by atoms with Gasteiger partial charge in [-0.25, -0.2) is 9.80 Å². The van der Waals surface area contributed by atoms with Gasteiger partial charge in [0, 0.05) is 16.9 Å². The molecule has 1 aliphatic heterocycles. The number of carbonyl (C=O) groups is 2. The van der Waals surface area contributed by atoms with Crippen LogP contribution in [0.1, 0.15) is 42.2 Å². The Bertz CT molecular complexity index is 953. The zero-order chi connectivity index (χ0) is 22.1. The minimum atomic E-state index is -0.405. The Balaban J connectivity index is 2.40. The summed E-state index contributed by atoms with van der Waals surface area (Å²) in [5.74, 6) is -0.606. The maximum absolute atomic E-state index is 13.1. The molecule has 0 saturated heterocycles. The normalized spacial score (nSPS) is 17.5. The third-order valence-corrected chi connectivity index (χ3v) is 4.92. The second-order valence-corrected chi connectivity index (χ2v) is 7.06. The maximum Gasteiger partial charge on any atom is 0.337 e. The third kappa shape index (κ3) is 5.70. The van der Waals surface area contributed by atoms with E-state index in [1.165, 1.54) is 12.1 Å². The molecule has 1 unspecified atom stereocenters. The highest BCUT2D eigenvalue weighted by molar-refractivity contribution is 7.85. The molecule has 5 nitrogen and oxygen atoms in total. The van der Waals surface area contributed by atoms with Crippen molar-refractivity contribution in [3.63, 3.8) is 0 Å². The van der Waals surface area contributed by atoms with Crippen molar-refractivity contribution in [1.82, 2.24) is 5.01 Å². The van der Waals surface area contributed by atoms with Gasteiger partial charge in [-0.2, -0.15) is 5.10 Å². The number of methoxy groups -OCH3 is 1. The molecule has 156 valence electrons. The number of esters is 1. The number of hydrogen-bond acceptors (Lipinski definition) is 5. The zero-order valence-electron chi connectivity index (χ0n) is 17.4. The Kier molecular flexibility index (Phi) is 8.62. The summed E-state index contributed by atoms with van der Waals surface area (Å²) in [6.45, 7) is 7.29. The topological polar surface area (TPSA) is 59.0 Å². The van der Waals surface area contributed by atoms with E-state index >= 15 is 0 Å². The molecule has 6 heteroatoms. The minimum absolute atomic E-state index is 0.201. The van der Waals surface area contributed by atoms with E-state index < -0.39 is 5.97 Å². The van der Waals surface area contributed by atoms with Gasteiger partial charge in [0.2, 0.25) is 0 Å². The van der Waals surface area contributed by atoms with Crippen molar-refractivity contribution in [3.05, 3.63) is 95.0 Å². The Labute approximate surface area is 183 Å². The van der Waals surface area contributed by atoms with Gasteiger partial charge >= 0.3 is 5.97 Å². The van der Waals surface area contributed by atoms with Gasteiger partial charge in [0.15, 0.2) is 0 Å². The van der Waals surface area contributed by atoms with E-state index in [0.29, 0.717) is 22.5 Å². The number of nitrogens with zero attached hydrogens (tertiary/aromatic N) is 2. The van der Waals surface area contributed by atoms with E-state index in [2.05, 4.69) is 24.3 Å². The lowest BCUT2D eigenvalue weighted by Crippen LogP contribution is -2.27. The van der Waals surface area contributed by atoms with Crippen LogP contribution in [0.2, 0.25) is 0 Å². The van der Waals surface area contributed by atoms with Crippen LogP contribution < -0.4 is 0 Å². The number of thiol groups is 1. The van der Waals surface area contributed by atoms with Crippen molar-refractivity contribution < 1.29 is 14.3 Å². The summed E-state index contributed by atoms with van der Waals surface area (Å²) < 4.78 is 4.75. The molecule has 2 rings (SSSR count). The average Bonchev–Trinajstić information content (AvgIpc) is 3.22. The Morgan fingerprint density at radius 2 is 1.90 bits per heavy atom. The molecule has 0 bridgehead atoms. The quantitative estimate of drug-likeness (QED) is 0.285. The minimum Gasteiger partial charge on any atom is -0.465 e. The second kappa shape index (κ2) is 11.2. The van der Waals surface area contributed by atoms with E-state index in [1.807, 2.05) is 37.3 Å². The molecule has 30 heavy (non-hydrogen) atoms. The molecule has 0 N–H and O–H groups in total. The Hall–Kier alpha value is -3.12. The summed E-state index contributed by atoms with van der Waals surface area (Å²) in [5, 5.41) is 6.05. The molecule has 0 spiro atoms. The van der Waals surface area contributed by atoms with Gasteiger partial charge < -0.3 is 4.74 Å². The van der Waals surface area contributed by atoms with Crippen molar-refractivity contribution in [3.8, 4) is 0 Å². The number of rotatable bonds is 7. The number of benzene rings is 1. The molecule has 0 radical (unpaired) electrons. The number of hydrogen-bond donors (Lipinski definition) is 1. The zero-order valence-corrected chi connectivity index (χ0v) is 18.3. The summed E-state index contributed by atoms with van der Waals surface area (Å²) in [6.07, 6.45) is 13.0. The predicted molar refractivity (Wildman–Crippen MR) is 124 cm³/mol. The molecule has 1 aromatic rings. The fourth-order valence-corrected chi connectivity index (χ4v) is 3.11. The van der Waals surface area contributed by atoms with E-state index in [4.69, 9.17) is 4.74 Å². The lowest BCUT2D eigenvalue weighted by atomic mass is 9.99. The van der Waals surface area contributed by atoms with Crippen LogP contribution in [0, 0.1) is 0 Å². The number of allylic oxidation sites excluding steroid dienone is 8. The molecule has 0 aromatic heterocycles. The lowest BCUT2D eigenvalue weighted by Gasteiger charge is -2.22. The molecule has 1 aliphatic rings. The third-order valence-electron chi connectivity index (χ3n) is 4.51. The van der Waals surface area contributed by atoms with Gasteiger partial charge in [-0.3, -0.25) is 4.79 Å². The average molecular weight is 423 g/mol. The van der Waals surface area contributed by atoms with Gasteiger partial charge in [0.05, 0.1) is 24.4 Å². The standard InChI is InChI=1S/C24H26N2O3S/c1-5-7-9-10-17(3)23(27)26-21(16-20(25-26)22(30)11-8-6-2)18-12-14-19(15-13-18)24(28)29-4/h5-15,21,30H,1,16H2,2-4H3/b8-6-,9-7-,17-10+,22-11-. The molecule has 0 aliphatic carbocycles. The van der Waals surface area contributed by atoms with E-state index in [0.717, 1.165) is 11.3 Å². The van der Waals surface area contributed by atoms with E-state index in [-0.39, 0.29) is 11.9 Å². The first-order valence-electron chi connectivity index (χ1n) is 9.50. The predicted octanol–water partition coefficient (Wildman–Crippen LogP) is 5.18. The second-order valence-electron chi connectivity index (χ2n) is 6.58. The van der Waals surface area contributed by atoms with Crippen LogP contribution in [0.3, 0.4) is 0 Å². The van der Waals surface area contributed by atoms with E-state index in [9.17, 15) is 9.59 Å². The summed E-state index contributed by atoms with van der Waals surface area (Å²) in [4.78, 5) is 25.5. The lowest BCUT2D eigenvalue weighted by molar-refractivity contribution is -0.128. The van der Waals surface area contributed by atoms with Gasteiger partial charge in [-0.1, -0.05) is 55.2 Å². The van der Waals surface area contributed by atoms with Crippen molar-refractivity contribution in [2.45, 2.75) is 26.3 Å². The van der Waals surface area contributed by atoms with Crippen LogP contribution in [0.15, 0.2) is 89.0 Å². The van der Waals surface area contributed by atoms with Crippen LogP contribution in [0.5, 0.6) is 0 Å². The highest BCUT2D eigenvalue weighted by Gasteiger charge is 2.33. The highest BCUT2D eigenvalue weighted by Crippen LogP contribution is 2.34. The first-order valence-corrected chi connectivity index (χ1v) is 9.95. The van der Waals surface area contributed by atoms with Gasteiger partial charge in [-0.05, 0) is 37.6 Å². The largest absolute Gasteiger partial charge is 0.465 e. The molecular weight excluding hydrogens is 396 g/mol. The molecular formula is C24H26N2O3S. The summed E-state index contributed by atoms with van der Waals surface area (Å²) in [7, 11) is 1.34. The number of ether oxygens (including phenoxy) is 1. The first kappa shape index (κ1) is 23.2. The fraction of sp³-hybridized carbons (Fsp3) is 0.208. The maximum atomic E-state index is 13.1. The molecule has 1 aromatic carbocycles. The van der Waals surface area contributed by atoms with Crippen LogP contribution in [-0.2, 0) is 9.53 Å². The van der Waals surface area contributed by atoms with Crippen LogP contribution in [0.4, 0.5) is 0 Å².